The first-order valence-electron chi connectivity index (χ1n) is 21.3. The number of amides is 2. The number of aromatic nitrogens is 1. The maximum absolute atomic E-state index is 13.9. The highest BCUT2D eigenvalue weighted by Crippen LogP contribution is 2.39. The average molecular weight is 796 g/mol. The van der Waals surface area contributed by atoms with Crippen LogP contribution in [-0.2, 0) is 20.7 Å². The number of rotatable bonds is 15. The lowest BCUT2D eigenvalue weighted by atomic mass is 9.79. The van der Waals surface area contributed by atoms with Crippen molar-refractivity contribution in [1.82, 2.24) is 25.0 Å². The van der Waals surface area contributed by atoms with Crippen LogP contribution >= 0.6 is 0 Å². The molecule has 2 aliphatic carbocycles. The molecular formula is C45H67F2N5O5. The summed E-state index contributed by atoms with van der Waals surface area (Å²) in [5.41, 5.74) is 2.25. The van der Waals surface area contributed by atoms with Crippen LogP contribution in [0.25, 0.3) is 0 Å². The summed E-state index contributed by atoms with van der Waals surface area (Å²) < 4.78 is 39.2. The normalized spacial score (nSPS) is 21.1. The van der Waals surface area contributed by atoms with Crippen LogP contribution in [0, 0.1) is 5.92 Å². The van der Waals surface area contributed by atoms with Gasteiger partial charge in [-0.25, -0.2) is 18.4 Å². The molecule has 0 bridgehead atoms. The predicted octanol–water partition coefficient (Wildman–Crippen LogP) is 8.95. The number of halogens is 2. The summed E-state index contributed by atoms with van der Waals surface area (Å²) in [6.45, 7) is 15.7. The number of Topliss-reactive ketones (excluding diaryl/α,β-unsaturated/α-hetero) is 1. The van der Waals surface area contributed by atoms with Gasteiger partial charge in [0, 0.05) is 64.1 Å². The molecule has 10 nitrogen and oxygen atoms in total. The second-order valence-corrected chi connectivity index (χ2v) is 18.4. The topological polar surface area (TPSA) is 104 Å². The van der Waals surface area contributed by atoms with Crippen LogP contribution in [-0.4, -0.2) is 107 Å². The van der Waals surface area contributed by atoms with Gasteiger partial charge in [-0.05, 0) is 129 Å². The lowest BCUT2D eigenvalue weighted by molar-refractivity contribution is -0.127. The third kappa shape index (κ3) is 14.0. The molecule has 0 radical (unpaired) electrons. The molecule has 1 aliphatic heterocycles. The molecule has 1 saturated heterocycles. The molecule has 316 valence electrons. The maximum atomic E-state index is 13.9. The van der Waals surface area contributed by atoms with Gasteiger partial charge in [-0.1, -0.05) is 36.4 Å². The number of ether oxygens (including phenoxy) is 2. The third-order valence-electron chi connectivity index (χ3n) is 11.5. The molecule has 1 aromatic carbocycles. The number of piperazine rings is 1. The van der Waals surface area contributed by atoms with Gasteiger partial charge in [0.2, 0.25) is 5.92 Å². The van der Waals surface area contributed by atoms with Crippen molar-refractivity contribution < 1.29 is 32.6 Å². The number of carbonyl (C=O) groups is 3. The summed E-state index contributed by atoms with van der Waals surface area (Å²) in [4.78, 5) is 51.4. The molecule has 3 atom stereocenters. The average Bonchev–Trinajstić information content (AvgIpc) is 3.14. The van der Waals surface area contributed by atoms with Crippen molar-refractivity contribution in [1.29, 1.82) is 0 Å². The van der Waals surface area contributed by atoms with Crippen LogP contribution in [0.2, 0.25) is 0 Å². The van der Waals surface area contributed by atoms with Crippen molar-refractivity contribution in [2.75, 3.05) is 45.8 Å². The molecule has 2 fully saturated rings. The van der Waals surface area contributed by atoms with Crippen molar-refractivity contribution in [2.45, 2.75) is 147 Å². The Morgan fingerprint density at radius 3 is 2.37 bits per heavy atom. The van der Waals surface area contributed by atoms with Gasteiger partial charge >= 0.3 is 12.2 Å². The number of carbonyl (C=O) groups excluding carboxylic acids is 3. The maximum Gasteiger partial charge on any atom is 0.410 e. The molecule has 2 aromatic rings. The van der Waals surface area contributed by atoms with Gasteiger partial charge in [-0.3, -0.25) is 19.6 Å². The fraction of sp³-hybridized carbons (Fsp3) is 0.689. The van der Waals surface area contributed by atoms with Crippen molar-refractivity contribution in [3.63, 3.8) is 0 Å². The van der Waals surface area contributed by atoms with Crippen molar-refractivity contribution in [3.05, 3.63) is 65.5 Å². The number of alkyl halides is 2. The number of pyridine rings is 1. The number of benzene rings is 1. The molecule has 5 rings (SSSR count). The summed E-state index contributed by atoms with van der Waals surface area (Å²) in [5, 5.41) is 2.89. The molecule has 0 spiro atoms. The van der Waals surface area contributed by atoms with E-state index in [2.05, 4.69) is 33.3 Å². The summed E-state index contributed by atoms with van der Waals surface area (Å²) in [5.74, 6) is -2.92. The number of fused-ring (bicyclic) bond motifs is 1. The smallest absolute Gasteiger partial charge is 0.410 e. The lowest BCUT2D eigenvalue weighted by Gasteiger charge is -2.45. The van der Waals surface area contributed by atoms with E-state index in [9.17, 15) is 23.2 Å². The highest BCUT2D eigenvalue weighted by molar-refractivity contribution is 5.82. The molecular weight excluding hydrogens is 729 g/mol. The molecule has 2 heterocycles. The molecule has 1 N–H and O–H groups in total. The first-order valence-corrected chi connectivity index (χ1v) is 21.3. The zero-order valence-corrected chi connectivity index (χ0v) is 35.2. The number of unbranched alkanes of at least 4 members (excludes halogenated alkanes) is 1. The van der Waals surface area contributed by atoms with E-state index in [0.29, 0.717) is 39.1 Å². The monoisotopic (exact) mass is 796 g/mol. The van der Waals surface area contributed by atoms with E-state index in [1.807, 2.05) is 76.9 Å². The van der Waals surface area contributed by atoms with E-state index in [1.165, 1.54) is 5.56 Å². The summed E-state index contributed by atoms with van der Waals surface area (Å²) in [6, 6.07) is 14.2. The lowest BCUT2D eigenvalue weighted by Crippen LogP contribution is -2.60. The van der Waals surface area contributed by atoms with E-state index < -0.39 is 23.2 Å². The van der Waals surface area contributed by atoms with E-state index in [-0.39, 0.29) is 61.5 Å². The van der Waals surface area contributed by atoms with Crippen LogP contribution in [0.15, 0.2) is 48.7 Å². The minimum absolute atomic E-state index is 0.0286. The van der Waals surface area contributed by atoms with Gasteiger partial charge in [0.1, 0.15) is 17.0 Å². The molecule has 1 aromatic heterocycles. The van der Waals surface area contributed by atoms with Crippen LogP contribution in [0.1, 0.15) is 135 Å². The van der Waals surface area contributed by atoms with Crippen LogP contribution in [0.4, 0.5) is 18.4 Å². The van der Waals surface area contributed by atoms with Gasteiger partial charge in [0.05, 0.1) is 17.8 Å². The Morgan fingerprint density at radius 1 is 0.947 bits per heavy atom. The number of aryl methyl sites for hydroxylation is 1. The van der Waals surface area contributed by atoms with Crippen molar-refractivity contribution >= 4 is 18.0 Å². The predicted molar refractivity (Wildman–Crippen MR) is 218 cm³/mol. The molecule has 1 saturated carbocycles. The highest BCUT2D eigenvalue weighted by atomic mass is 19.3. The first-order chi connectivity index (χ1) is 27.0. The molecule has 3 aliphatic rings. The van der Waals surface area contributed by atoms with Crippen LogP contribution in [0.3, 0.4) is 0 Å². The standard InChI is InChI=1S/C45H67F2N5O5/c1-43(2,3)56-41(54)49-24-10-11-26-51(38-18-12-16-35-17-13-25-48-40(35)38)32-37-31-50(28-29-52(37)42(55)57-44(4,5)6)27-21-36(33-14-8-7-9-15-33)30-39(53)34-19-22-45(46,47)23-20-34/h7-9,13-15,17,25,34,36-38H,10-12,16,18-24,26-32H2,1-6H3,(H,49,54)/t36-,37-,38+/m1/s1. The number of nitrogens with one attached hydrogen (secondary N) is 1. The highest BCUT2D eigenvalue weighted by Gasteiger charge is 2.39. The summed E-state index contributed by atoms with van der Waals surface area (Å²) in [7, 11) is 0. The molecule has 2 amide bonds. The Kier molecular flexibility index (Phi) is 15.5. The van der Waals surface area contributed by atoms with Gasteiger partial charge in [-0.2, -0.15) is 0 Å². The van der Waals surface area contributed by atoms with Gasteiger partial charge < -0.3 is 19.7 Å². The van der Waals surface area contributed by atoms with Crippen LogP contribution < -0.4 is 5.32 Å². The fourth-order valence-corrected chi connectivity index (χ4v) is 8.59. The van der Waals surface area contributed by atoms with E-state index in [0.717, 1.165) is 62.9 Å². The van der Waals surface area contributed by atoms with E-state index >= 15 is 0 Å². The van der Waals surface area contributed by atoms with Gasteiger partial charge in [0.15, 0.2) is 0 Å². The Labute approximate surface area is 339 Å². The largest absolute Gasteiger partial charge is 0.444 e. The van der Waals surface area contributed by atoms with Gasteiger partial charge in [0.25, 0.3) is 0 Å². The van der Waals surface area contributed by atoms with Gasteiger partial charge in [-0.15, -0.1) is 0 Å². The minimum atomic E-state index is -2.67. The first kappa shape index (κ1) is 44.5. The molecule has 57 heavy (non-hydrogen) atoms. The molecule has 0 unspecified atom stereocenters. The summed E-state index contributed by atoms with van der Waals surface area (Å²) >= 11 is 0. The number of ketones is 1. The Bertz CT molecular complexity index is 1600. The molecule has 12 heteroatoms. The van der Waals surface area contributed by atoms with Crippen molar-refractivity contribution in [3.8, 4) is 0 Å². The number of nitrogens with zero attached hydrogens (tertiary/aromatic N) is 4. The van der Waals surface area contributed by atoms with E-state index in [1.54, 1.807) is 0 Å². The Morgan fingerprint density at radius 2 is 1.67 bits per heavy atom. The van der Waals surface area contributed by atoms with Crippen LogP contribution in [0.5, 0.6) is 0 Å². The minimum Gasteiger partial charge on any atom is -0.444 e. The van der Waals surface area contributed by atoms with Crippen molar-refractivity contribution in [2.24, 2.45) is 5.92 Å². The third-order valence-corrected chi connectivity index (χ3v) is 11.5. The second kappa shape index (κ2) is 19.9. The fourth-order valence-electron chi connectivity index (χ4n) is 8.59. The zero-order chi connectivity index (χ0) is 41.2. The SMILES string of the molecule is CC(C)(C)OC(=O)NCCCCN(C[C@H]1CN(CC[C@H](CC(=O)C2CCC(F)(F)CC2)c2ccccc2)CCN1C(=O)OC(C)(C)C)[C@H]1CCCc2cccnc21. The second-order valence-electron chi connectivity index (χ2n) is 18.4. The quantitative estimate of drug-likeness (QED) is 0.178. The summed E-state index contributed by atoms with van der Waals surface area (Å²) in [6.07, 6.45) is 6.90. The zero-order valence-electron chi connectivity index (χ0n) is 35.2. The number of alkyl carbamates (subject to hydrolysis) is 1. The van der Waals surface area contributed by atoms with E-state index in [4.69, 9.17) is 14.5 Å². The number of hydrogen-bond donors (Lipinski definition) is 1. The number of hydrogen-bond acceptors (Lipinski definition) is 8. The Hall–Kier alpha value is -3.64. The Balaban J connectivity index is 1.31.